The lowest BCUT2D eigenvalue weighted by Gasteiger charge is -2.18. The minimum Gasteiger partial charge on any atom is -0.488 e. The van der Waals surface area contributed by atoms with Crippen molar-refractivity contribution in [3.63, 3.8) is 0 Å². The van der Waals surface area contributed by atoms with Crippen molar-refractivity contribution in [2.45, 2.75) is 13.5 Å². The van der Waals surface area contributed by atoms with Crippen LogP contribution in [0.1, 0.15) is 18.1 Å². The fourth-order valence-corrected chi connectivity index (χ4v) is 4.12. The Bertz CT molecular complexity index is 1260. The first kappa shape index (κ1) is 22.6. The summed E-state index contributed by atoms with van der Waals surface area (Å²) in [6.07, 6.45) is 1.69. The van der Waals surface area contributed by atoms with Gasteiger partial charge in [-0.15, -0.1) is 0 Å². The monoisotopic (exact) mass is 503 g/mol. The summed E-state index contributed by atoms with van der Waals surface area (Å²) in [4.78, 5) is 27.7. The minimum atomic E-state index is -0.563. The lowest BCUT2D eigenvalue weighted by molar-refractivity contribution is -0.136. The number of nitrogens with zero attached hydrogens (tertiary/aromatic N) is 1. The maximum atomic E-state index is 13.5. The van der Waals surface area contributed by atoms with E-state index in [2.05, 4.69) is 15.9 Å². The molecule has 0 saturated carbocycles. The highest BCUT2D eigenvalue weighted by molar-refractivity contribution is 9.10. The number of rotatable bonds is 6. The fourth-order valence-electron chi connectivity index (χ4n) is 3.73. The largest absolute Gasteiger partial charge is 0.488 e. The van der Waals surface area contributed by atoms with E-state index >= 15 is 0 Å². The van der Waals surface area contributed by atoms with Crippen molar-refractivity contribution < 1.29 is 19.1 Å². The van der Waals surface area contributed by atoms with Crippen molar-refractivity contribution >= 4 is 39.6 Å². The number of hydrogen-bond donors (Lipinski definition) is 0. The Morgan fingerprint density at radius 1 is 1.00 bits per heavy atom. The summed E-state index contributed by atoms with van der Waals surface area (Å²) in [5, 5.41) is 0. The summed E-state index contributed by atoms with van der Waals surface area (Å²) in [5.74, 6) is -0.249. The Kier molecular flexibility index (Phi) is 6.75. The molecule has 3 aromatic carbocycles. The SMILES string of the molecule is COC(=O)C1=C(C)N(c2cccc(Br)c2)C(=O)/C1=C\c1ccccc1OCc1ccccc1. The Labute approximate surface area is 201 Å². The quantitative estimate of drug-likeness (QED) is 0.310. The van der Waals surface area contributed by atoms with Crippen LogP contribution in [0.15, 0.2) is 100 Å². The molecule has 1 heterocycles. The zero-order chi connectivity index (χ0) is 23.4. The van der Waals surface area contributed by atoms with Gasteiger partial charge in [0.05, 0.1) is 23.9 Å². The van der Waals surface area contributed by atoms with Crippen LogP contribution in [-0.4, -0.2) is 19.0 Å². The molecule has 33 heavy (non-hydrogen) atoms. The third-order valence-electron chi connectivity index (χ3n) is 5.31. The number of methoxy groups -OCH3 is 1. The standard InChI is InChI=1S/C27H22BrNO4/c1-18-25(27(31)32-2)23(26(30)29(18)22-13-8-12-21(28)16-22)15-20-11-6-7-14-24(20)33-17-19-9-4-3-5-10-19/h3-16H,17H2,1-2H3/b23-15-. The van der Waals surface area contributed by atoms with Gasteiger partial charge in [0.1, 0.15) is 12.4 Å². The van der Waals surface area contributed by atoms with E-state index in [-0.39, 0.29) is 17.1 Å². The summed E-state index contributed by atoms with van der Waals surface area (Å²) in [6.45, 7) is 2.13. The van der Waals surface area contributed by atoms with Gasteiger partial charge in [-0.25, -0.2) is 4.79 Å². The lowest BCUT2D eigenvalue weighted by Crippen LogP contribution is -2.24. The summed E-state index contributed by atoms with van der Waals surface area (Å²) in [7, 11) is 1.31. The van der Waals surface area contributed by atoms with Gasteiger partial charge in [0.25, 0.3) is 5.91 Å². The number of anilines is 1. The minimum absolute atomic E-state index is 0.236. The third kappa shape index (κ3) is 4.76. The van der Waals surface area contributed by atoms with Crippen molar-refractivity contribution in [1.29, 1.82) is 0 Å². The van der Waals surface area contributed by atoms with Gasteiger partial charge in [-0.05, 0) is 42.8 Å². The van der Waals surface area contributed by atoms with Crippen molar-refractivity contribution in [3.8, 4) is 5.75 Å². The van der Waals surface area contributed by atoms with Crippen LogP contribution in [0.5, 0.6) is 5.75 Å². The molecule has 0 N–H and O–H groups in total. The van der Waals surface area contributed by atoms with Gasteiger partial charge in [0, 0.05) is 15.7 Å². The molecular formula is C27H22BrNO4. The highest BCUT2D eigenvalue weighted by Gasteiger charge is 2.38. The first-order valence-corrected chi connectivity index (χ1v) is 11.2. The summed E-state index contributed by atoms with van der Waals surface area (Å²) in [6, 6.07) is 24.6. The lowest BCUT2D eigenvalue weighted by atomic mass is 10.0. The van der Waals surface area contributed by atoms with Gasteiger partial charge in [-0.1, -0.05) is 70.5 Å². The van der Waals surface area contributed by atoms with Crippen LogP contribution >= 0.6 is 15.9 Å². The van der Waals surface area contributed by atoms with E-state index in [1.54, 1.807) is 13.0 Å². The van der Waals surface area contributed by atoms with E-state index in [1.165, 1.54) is 12.0 Å². The predicted molar refractivity (Wildman–Crippen MR) is 132 cm³/mol. The van der Waals surface area contributed by atoms with E-state index in [4.69, 9.17) is 9.47 Å². The zero-order valence-corrected chi connectivity index (χ0v) is 19.8. The molecule has 1 aliphatic heterocycles. The van der Waals surface area contributed by atoms with E-state index in [9.17, 15) is 9.59 Å². The molecule has 4 rings (SSSR count). The van der Waals surface area contributed by atoms with E-state index in [0.717, 1.165) is 10.0 Å². The molecule has 0 bridgehead atoms. The number of benzene rings is 3. The molecule has 0 spiro atoms. The van der Waals surface area contributed by atoms with E-state index < -0.39 is 5.97 Å². The molecule has 166 valence electrons. The highest BCUT2D eigenvalue weighted by Crippen LogP contribution is 2.37. The van der Waals surface area contributed by atoms with Gasteiger partial charge in [0.15, 0.2) is 0 Å². The van der Waals surface area contributed by atoms with Gasteiger partial charge < -0.3 is 9.47 Å². The summed E-state index contributed by atoms with van der Waals surface area (Å²) >= 11 is 3.44. The average molecular weight is 504 g/mol. The Morgan fingerprint density at radius 3 is 2.45 bits per heavy atom. The molecule has 0 aliphatic carbocycles. The second kappa shape index (κ2) is 9.88. The second-order valence-corrected chi connectivity index (χ2v) is 8.36. The van der Waals surface area contributed by atoms with E-state index in [1.807, 2.05) is 78.9 Å². The van der Waals surface area contributed by atoms with Crippen LogP contribution in [0.2, 0.25) is 0 Å². The first-order chi connectivity index (χ1) is 16.0. The highest BCUT2D eigenvalue weighted by atomic mass is 79.9. The summed E-state index contributed by atoms with van der Waals surface area (Å²) < 4.78 is 11.9. The number of hydrogen-bond acceptors (Lipinski definition) is 4. The second-order valence-electron chi connectivity index (χ2n) is 7.44. The molecule has 5 nitrogen and oxygen atoms in total. The van der Waals surface area contributed by atoms with Crippen molar-refractivity contribution in [2.24, 2.45) is 0 Å². The molecule has 0 radical (unpaired) electrons. The Hall–Kier alpha value is -3.64. The maximum absolute atomic E-state index is 13.5. The maximum Gasteiger partial charge on any atom is 0.340 e. The molecule has 6 heteroatoms. The average Bonchev–Trinajstić information content (AvgIpc) is 3.07. The van der Waals surface area contributed by atoms with Crippen LogP contribution in [-0.2, 0) is 20.9 Å². The molecule has 0 fully saturated rings. The third-order valence-corrected chi connectivity index (χ3v) is 5.81. The first-order valence-electron chi connectivity index (χ1n) is 10.4. The molecule has 0 saturated heterocycles. The number of carbonyl (C=O) groups excluding carboxylic acids is 2. The van der Waals surface area contributed by atoms with Crippen LogP contribution in [0.4, 0.5) is 5.69 Å². The predicted octanol–water partition coefficient (Wildman–Crippen LogP) is 5.91. The fraction of sp³-hybridized carbons (Fsp3) is 0.111. The van der Waals surface area contributed by atoms with Crippen molar-refractivity contribution in [2.75, 3.05) is 12.0 Å². The van der Waals surface area contributed by atoms with Gasteiger partial charge in [-0.3, -0.25) is 9.69 Å². The molecule has 0 aromatic heterocycles. The van der Waals surface area contributed by atoms with Crippen LogP contribution in [0.25, 0.3) is 6.08 Å². The topological polar surface area (TPSA) is 55.8 Å². The van der Waals surface area contributed by atoms with Crippen molar-refractivity contribution in [3.05, 3.63) is 111 Å². The van der Waals surface area contributed by atoms with E-state index in [0.29, 0.717) is 29.3 Å². The van der Waals surface area contributed by atoms with Crippen molar-refractivity contribution in [1.82, 2.24) is 0 Å². The molecule has 0 atom stereocenters. The van der Waals surface area contributed by atoms with Gasteiger partial charge >= 0.3 is 5.97 Å². The number of para-hydroxylation sites is 1. The van der Waals surface area contributed by atoms with Crippen LogP contribution in [0.3, 0.4) is 0 Å². The molecular weight excluding hydrogens is 482 g/mol. The molecule has 3 aromatic rings. The smallest absolute Gasteiger partial charge is 0.340 e. The van der Waals surface area contributed by atoms with Gasteiger partial charge in [-0.2, -0.15) is 0 Å². The van der Waals surface area contributed by atoms with Crippen LogP contribution in [0, 0.1) is 0 Å². The molecule has 0 unspecified atom stereocenters. The Morgan fingerprint density at radius 2 is 1.73 bits per heavy atom. The number of halogens is 1. The normalized spacial score (nSPS) is 14.7. The summed E-state index contributed by atoms with van der Waals surface area (Å²) in [5.41, 5.74) is 3.39. The van der Waals surface area contributed by atoms with Gasteiger partial charge in [0.2, 0.25) is 0 Å². The number of allylic oxidation sites excluding steroid dienone is 1. The molecule has 1 aliphatic rings. The number of carbonyl (C=O) groups is 2. The number of amides is 1. The molecule has 1 amide bonds. The van der Waals surface area contributed by atoms with Crippen LogP contribution < -0.4 is 9.64 Å². The number of esters is 1. The zero-order valence-electron chi connectivity index (χ0n) is 18.2. The number of ether oxygens (including phenoxy) is 2. The Balaban J connectivity index is 1.74.